The summed E-state index contributed by atoms with van der Waals surface area (Å²) in [5.74, 6) is -0.116. The fourth-order valence-electron chi connectivity index (χ4n) is 5.36. The highest BCUT2D eigenvalue weighted by Crippen LogP contribution is 2.19. The summed E-state index contributed by atoms with van der Waals surface area (Å²) >= 11 is 0. The number of nitrogens with one attached hydrogen (secondary N) is 3. The molecule has 5 rings (SSSR count). The Balaban J connectivity index is 1.13. The highest BCUT2D eigenvalue weighted by molar-refractivity contribution is 6.07. The number of benzene rings is 2. The third-order valence-electron chi connectivity index (χ3n) is 8.00. The van der Waals surface area contributed by atoms with Gasteiger partial charge in [-0.1, -0.05) is 36.4 Å². The molecule has 4 N–H and O–H groups in total. The molecule has 1 aliphatic heterocycles. The lowest BCUT2D eigenvalue weighted by atomic mass is 10.1. The first-order valence-corrected chi connectivity index (χ1v) is 15.2. The molecule has 0 atom stereocenters. The Labute approximate surface area is 268 Å². The molecular formula is C35H40N6O5. The van der Waals surface area contributed by atoms with Gasteiger partial charge in [-0.15, -0.1) is 0 Å². The van der Waals surface area contributed by atoms with Crippen LogP contribution in [0.2, 0.25) is 0 Å². The van der Waals surface area contributed by atoms with Gasteiger partial charge in [0.2, 0.25) is 0 Å². The van der Waals surface area contributed by atoms with Gasteiger partial charge < -0.3 is 39.8 Å². The van der Waals surface area contributed by atoms with Crippen molar-refractivity contribution >= 4 is 41.2 Å². The lowest BCUT2D eigenvalue weighted by molar-refractivity contribution is 0.0802. The summed E-state index contributed by atoms with van der Waals surface area (Å²) in [5.41, 5.74) is 4.16. The van der Waals surface area contributed by atoms with E-state index < -0.39 is 0 Å². The number of hydrogen-bond donors (Lipinski definition) is 4. The van der Waals surface area contributed by atoms with Gasteiger partial charge in [-0.3, -0.25) is 14.4 Å². The van der Waals surface area contributed by atoms with E-state index in [1.54, 1.807) is 67.0 Å². The molecule has 46 heavy (non-hydrogen) atoms. The van der Waals surface area contributed by atoms with Crippen LogP contribution >= 0.6 is 0 Å². The van der Waals surface area contributed by atoms with E-state index in [1.807, 2.05) is 48.6 Å². The zero-order valence-electron chi connectivity index (χ0n) is 26.3. The van der Waals surface area contributed by atoms with Crippen LogP contribution in [0.1, 0.15) is 55.3 Å². The van der Waals surface area contributed by atoms with Crippen LogP contribution in [0, 0.1) is 0 Å². The molecule has 0 aliphatic carbocycles. The molecule has 11 nitrogen and oxygen atoms in total. The number of methoxy groups -OCH3 is 1. The maximum atomic E-state index is 13.1. The van der Waals surface area contributed by atoms with Gasteiger partial charge in [0.15, 0.2) is 0 Å². The van der Waals surface area contributed by atoms with E-state index in [2.05, 4.69) is 20.9 Å². The van der Waals surface area contributed by atoms with Crippen molar-refractivity contribution in [3.8, 4) is 5.75 Å². The Bertz CT molecular complexity index is 1710. The molecule has 1 saturated heterocycles. The molecule has 3 heterocycles. The largest absolute Gasteiger partial charge is 0.497 e. The van der Waals surface area contributed by atoms with E-state index >= 15 is 0 Å². The highest BCUT2D eigenvalue weighted by Gasteiger charge is 2.19. The van der Waals surface area contributed by atoms with Crippen molar-refractivity contribution in [2.24, 2.45) is 14.1 Å². The van der Waals surface area contributed by atoms with Gasteiger partial charge in [0.1, 0.15) is 17.1 Å². The topological polar surface area (TPSA) is 130 Å². The molecule has 4 aromatic rings. The summed E-state index contributed by atoms with van der Waals surface area (Å²) in [5, 5.41) is 18.3. The Kier molecular flexibility index (Phi) is 10.4. The van der Waals surface area contributed by atoms with Crippen LogP contribution in [0.25, 0.3) is 12.2 Å². The SMILES string of the molecule is COc1cccc(/C=C/c2ccc(C(=O)Nc3cc(C(=O)Nc4cc(C(=O)NCCN5CCC(O)CC5)n(C)c4)n(C)c3)cc2)c1. The van der Waals surface area contributed by atoms with Crippen molar-refractivity contribution in [2.45, 2.75) is 18.9 Å². The average Bonchev–Trinajstić information content (AvgIpc) is 3.61. The van der Waals surface area contributed by atoms with Gasteiger partial charge in [0.25, 0.3) is 17.7 Å². The summed E-state index contributed by atoms with van der Waals surface area (Å²) in [4.78, 5) is 41.0. The maximum absolute atomic E-state index is 13.1. The number of piperidine rings is 1. The van der Waals surface area contributed by atoms with E-state index in [-0.39, 0.29) is 23.8 Å². The zero-order valence-corrected chi connectivity index (χ0v) is 26.3. The Morgan fingerprint density at radius 1 is 0.826 bits per heavy atom. The predicted octanol–water partition coefficient (Wildman–Crippen LogP) is 4.23. The van der Waals surface area contributed by atoms with E-state index in [9.17, 15) is 19.5 Å². The van der Waals surface area contributed by atoms with Crippen LogP contribution in [0.5, 0.6) is 5.75 Å². The molecule has 2 aromatic heterocycles. The van der Waals surface area contributed by atoms with E-state index in [0.717, 1.165) is 42.8 Å². The number of ether oxygens (including phenoxy) is 1. The smallest absolute Gasteiger partial charge is 0.272 e. The first kappa shape index (κ1) is 32.3. The van der Waals surface area contributed by atoms with E-state index in [4.69, 9.17) is 4.74 Å². The average molecular weight is 625 g/mol. The van der Waals surface area contributed by atoms with Crippen molar-refractivity contribution in [1.82, 2.24) is 19.4 Å². The van der Waals surface area contributed by atoms with Gasteiger partial charge in [-0.2, -0.15) is 0 Å². The molecule has 0 unspecified atom stereocenters. The van der Waals surface area contributed by atoms with Crippen molar-refractivity contribution in [3.05, 3.63) is 101 Å². The molecule has 0 saturated carbocycles. The molecular weight excluding hydrogens is 584 g/mol. The minimum atomic E-state index is -0.375. The van der Waals surface area contributed by atoms with Gasteiger partial charge in [0.05, 0.1) is 24.6 Å². The third kappa shape index (κ3) is 8.32. The number of hydrogen-bond acceptors (Lipinski definition) is 6. The second-order valence-corrected chi connectivity index (χ2v) is 11.4. The van der Waals surface area contributed by atoms with Crippen LogP contribution in [0.15, 0.2) is 73.1 Å². The number of carbonyl (C=O) groups excluding carboxylic acids is 3. The lowest BCUT2D eigenvalue weighted by Crippen LogP contribution is -2.41. The van der Waals surface area contributed by atoms with Crippen LogP contribution in [-0.2, 0) is 14.1 Å². The molecule has 11 heteroatoms. The standard InChI is InChI=1S/C35H40N6O5/c1-39-23-28(20-31(39)34(44)36-15-18-41-16-13-29(42)14-17-41)38-35(45)32-21-27(22-40(32)2)37-33(43)26-11-9-24(10-12-26)7-8-25-5-4-6-30(19-25)46-3/h4-12,19-23,29,42H,13-18H2,1-3H3,(H,36,44)(H,37,43)(H,38,45)/b8-7+. The normalized spacial score (nSPS) is 13.9. The summed E-state index contributed by atoms with van der Waals surface area (Å²) in [7, 11) is 5.10. The number of rotatable bonds is 11. The monoisotopic (exact) mass is 624 g/mol. The molecule has 240 valence electrons. The summed E-state index contributed by atoms with van der Waals surface area (Å²) in [6.45, 7) is 2.84. The molecule has 3 amide bonds. The Morgan fingerprint density at radius 3 is 2.09 bits per heavy atom. The van der Waals surface area contributed by atoms with Crippen LogP contribution in [0.3, 0.4) is 0 Å². The first-order valence-electron chi connectivity index (χ1n) is 15.2. The number of likely N-dealkylation sites (tertiary alicyclic amines) is 1. The van der Waals surface area contributed by atoms with E-state index in [1.165, 1.54) is 0 Å². The lowest BCUT2D eigenvalue weighted by Gasteiger charge is -2.29. The molecule has 1 fully saturated rings. The minimum Gasteiger partial charge on any atom is -0.497 e. The molecule has 2 aromatic carbocycles. The fourth-order valence-corrected chi connectivity index (χ4v) is 5.36. The highest BCUT2D eigenvalue weighted by atomic mass is 16.5. The number of amides is 3. The van der Waals surface area contributed by atoms with Gasteiger partial charge in [0, 0.05) is 58.2 Å². The summed E-state index contributed by atoms with van der Waals surface area (Å²) < 4.78 is 8.56. The number of aromatic nitrogens is 2. The number of aryl methyl sites for hydroxylation is 2. The zero-order chi connectivity index (χ0) is 32.6. The van der Waals surface area contributed by atoms with Crippen LogP contribution < -0.4 is 20.7 Å². The molecule has 0 spiro atoms. The van der Waals surface area contributed by atoms with Crippen molar-refractivity contribution in [2.75, 3.05) is 43.9 Å². The number of anilines is 2. The van der Waals surface area contributed by atoms with Gasteiger partial charge in [-0.25, -0.2) is 0 Å². The van der Waals surface area contributed by atoms with Crippen molar-refractivity contribution in [1.29, 1.82) is 0 Å². The number of nitrogens with zero attached hydrogens (tertiary/aromatic N) is 3. The number of aliphatic hydroxyl groups is 1. The Hall–Kier alpha value is -5.13. The molecule has 1 aliphatic rings. The van der Waals surface area contributed by atoms with E-state index in [0.29, 0.717) is 41.4 Å². The summed E-state index contributed by atoms with van der Waals surface area (Å²) in [6, 6.07) is 18.2. The maximum Gasteiger partial charge on any atom is 0.272 e. The van der Waals surface area contributed by atoms with Gasteiger partial charge in [-0.05, 0) is 60.4 Å². The number of aliphatic hydroxyl groups excluding tert-OH is 1. The minimum absolute atomic E-state index is 0.229. The van der Waals surface area contributed by atoms with Crippen LogP contribution in [0.4, 0.5) is 11.4 Å². The predicted molar refractivity (Wildman–Crippen MR) is 179 cm³/mol. The van der Waals surface area contributed by atoms with Crippen molar-refractivity contribution < 1.29 is 24.2 Å². The second-order valence-electron chi connectivity index (χ2n) is 11.4. The molecule has 0 radical (unpaired) electrons. The quantitative estimate of drug-likeness (QED) is 0.185. The third-order valence-corrected chi connectivity index (χ3v) is 8.00. The molecule has 0 bridgehead atoms. The fraction of sp³-hybridized carbons (Fsp3) is 0.286. The van der Waals surface area contributed by atoms with Crippen LogP contribution in [-0.4, -0.2) is 76.3 Å². The second kappa shape index (κ2) is 14.8. The van der Waals surface area contributed by atoms with Gasteiger partial charge >= 0.3 is 0 Å². The summed E-state index contributed by atoms with van der Waals surface area (Å²) in [6.07, 6.45) is 8.57. The number of carbonyl (C=O) groups is 3. The van der Waals surface area contributed by atoms with Crippen molar-refractivity contribution in [3.63, 3.8) is 0 Å². The first-order chi connectivity index (χ1) is 22.2. The Morgan fingerprint density at radius 2 is 1.43 bits per heavy atom.